The van der Waals surface area contributed by atoms with Gasteiger partial charge in [-0.2, -0.15) is 0 Å². The van der Waals surface area contributed by atoms with Crippen molar-refractivity contribution in [2.45, 2.75) is 20.8 Å². The first-order valence-corrected chi connectivity index (χ1v) is 5.92. The zero-order chi connectivity index (χ0) is 23.6. The van der Waals surface area contributed by atoms with Gasteiger partial charge in [0, 0.05) is 0 Å². The molecule has 0 aliphatic rings. The molecule has 0 rings (SSSR count). The molecule has 0 bridgehead atoms. The van der Waals surface area contributed by atoms with Crippen LogP contribution in [0.25, 0.3) is 0 Å². The van der Waals surface area contributed by atoms with E-state index >= 15 is 0 Å². The standard InChI is InChI=1S/C6H15N.Ce.5NO3/c1-4-7(5-2)6-3;;5*2-1(3)4/h4-6H2,1-3H3;;;;;;/q;+4;5*-1/p+1. The summed E-state index contributed by atoms with van der Waals surface area (Å²) < 4.78 is 0. The van der Waals surface area contributed by atoms with E-state index in [0.717, 1.165) is 0 Å². The largest absolute Gasteiger partial charge is 4.00 e. The molecule has 0 saturated heterocycles. The Labute approximate surface area is 188 Å². The normalized spacial score (nSPS) is 6.86. The van der Waals surface area contributed by atoms with Gasteiger partial charge in [-0.25, -0.2) is 0 Å². The van der Waals surface area contributed by atoms with Crippen molar-refractivity contribution >= 4 is 0 Å². The summed E-state index contributed by atoms with van der Waals surface area (Å²) in [6.45, 7) is 10.5. The van der Waals surface area contributed by atoms with Gasteiger partial charge in [0.05, 0.1) is 45.1 Å². The molecule has 164 valence electrons. The van der Waals surface area contributed by atoms with Crippen molar-refractivity contribution in [1.82, 2.24) is 0 Å². The van der Waals surface area contributed by atoms with E-state index in [1.165, 1.54) is 19.6 Å². The molecule has 0 aliphatic carbocycles. The molecule has 28 heavy (non-hydrogen) atoms. The van der Waals surface area contributed by atoms with Crippen LogP contribution in [0, 0.1) is 118 Å². The zero-order valence-corrected chi connectivity index (χ0v) is 17.6. The average molecular weight is 552 g/mol. The molecule has 0 amide bonds. The average Bonchev–Trinajstić information content (AvgIpc) is 2.37. The monoisotopic (exact) mass is 552 g/mol. The maximum Gasteiger partial charge on any atom is 4.00 e. The Morgan fingerprint density at radius 1 is 0.464 bits per heavy atom. The molecule has 0 fully saturated rings. The van der Waals surface area contributed by atoms with Gasteiger partial charge in [0.1, 0.15) is 0 Å². The van der Waals surface area contributed by atoms with Gasteiger partial charge in [-0.05, 0) is 20.8 Å². The fourth-order valence-corrected chi connectivity index (χ4v) is 0.750. The second-order valence-electron chi connectivity index (χ2n) is 2.93. The fourth-order valence-electron chi connectivity index (χ4n) is 0.750. The van der Waals surface area contributed by atoms with Crippen molar-refractivity contribution in [3.63, 3.8) is 0 Å². The summed E-state index contributed by atoms with van der Waals surface area (Å²) >= 11 is 0. The van der Waals surface area contributed by atoms with Crippen LogP contribution in [-0.2, 0) is 0 Å². The smallest absolute Gasteiger partial charge is 0.356 e. The van der Waals surface area contributed by atoms with E-state index in [0.29, 0.717) is 0 Å². The topological polar surface area (TPSA) is 335 Å². The molecule has 0 unspecified atom stereocenters. The summed E-state index contributed by atoms with van der Waals surface area (Å²) in [5.41, 5.74) is 0. The quantitative estimate of drug-likeness (QED) is 0.315. The predicted octanol–water partition coefficient (Wildman–Crippen LogP) is -1.26. The first-order valence-electron chi connectivity index (χ1n) is 5.92. The van der Waals surface area contributed by atoms with Crippen molar-refractivity contribution in [2.75, 3.05) is 19.6 Å². The van der Waals surface area contributed by atoms with Crippen molar-refractivity contribution in [3.05, 3.63) is 76.6 Å². The van der Waals surface area contributed by atoms with E-state index in [1.54, 1.807) is 4.90 Å². The Hall–Kier alpha value is -2.66. The van der Waals surface area contributed by atoms with Gasteiger partial charge >= 0.3 is 41.7 Å². The molecule has 0 aromatic carbocycles. The second-order valence-corrected chi connectivity index (χ2v) is 2.93. The summed E-state index contributed by atoms with van der Waals surface area (Å²) in [7, 11) is 0. The first-order chi connectivity index (χ1) is 12.0. The van der Waals surface area contributed by atoms with Crippen LogP contribution >= 0.6 is 0 Å². The van der Waals surface area contributed by atoms with Gasteiger partial charge in [-0.3, -0.25) is 0 Å². The molecule has 0 radical (unpaired) electrons. The Kier molecular flexibility index (Phi) is 62.8. The molecule has 1 N–H and O–H groups in total. The van der Waals surface area contributed by atoms with Crippen LogP contribution in [0.4, 0.5) is 0 Å². The summed E-state index contributed by atoms with van der Waals surface area (Å²) in [4.78, 5) is 42.9. The third-order valence-corrected chi connectivity index (χ3v) is 1.50. The summed E-state index contributed by atoms with van der Waals surface area (Å²) in [6, 6.07) is 0. The maximum atomic E-state index is 8.25. The van der Waals surface area contributed by atoms with Gasteiger partial charge in [0.2, 0.25) is 0 Å². The van der Waals surface area contributed by atoms with Crippen LogP contribution in [0.1, 0.15) is 20.8 Å². The van der Waals surface area contributed by atoms with E-state index in [-0.39, 0.29) is 41.7 Å². The molecular formula is C6H16CeN6O15. The van der Waals surface area contributed by atoms with E-state index in [2.05, 4.69) is 20.8 Å². The number of hydrogen-bond donors (Lipinski definition) is 1. The number of quaternary nitrogens is 1. The molecule has 0 spiro atoms. The molecule has 21 nitrogen and oxygen atoms in total. The number of nitrogens with one attached hydrogen (secondary N) is 1. The maximum absolute atomic E-state index is 8.25. The minimum Gasteiger partial charge on any atom is -0.356 e. The van der Waals surface area contributed by atoms with Crippen molar-refractivity contribution in [1.29, 1.82) is 0 Å². The van der Waals surface area contributed by atoms with Gasteiger partial charge in [-0.1, -0.05) is 0 Å². The van der Waals surface area contributed by atoms with Crippen LogP contribution in [0.2, 0.25) is 0 Å². The molecule has 0 heterocycles. The van der Waals surface area contributed by atoms with Crippen molar-refractivity contribution in [2.24, 2.45) is 0 Å². The summed E-state index contributed by atoms with van der Waals surface area (Å²) in [5, 5.41) is 73.8. The number of rotatable bonds is 3. The van der Waals surface area contributed by atoms with Crippen LogP contribution < -0.4 is 4.90 Å². The Bertz CT molecular complexity index is 298. The van der Waals surface area contributed by atoms with E-state index in [4.69, 9.17) is 76.6 Å². The van der Waals surface area contributed by atoms with Crippen LogP contribution in [0.15, 0.2) is 0 Å². The Balaban J connectivity index is -0.0000000382. The SMILES string of the molecule is CC[NH+](CC)CC.O=[N+]([O-])[O-].O=[N+]([O-])[O-].O=[N+]([O-])[O-].O=[N+]([O-])[O-].O=[N+]([O-])[O-].[Ce+4]. The number of nitrogens with zero attached hydrogens (tertiary/aromatic N) is 5. The van der Waals surface area contributed by atoms with Gasteiger partial charge in [0.15, 0.2) is 0 Å². The van der Waals surface area contributed by atoms with E-state index < -0.39 is 25.4 Å². The minimum atomic E-state index is -1.75. The minimum absolute atomic E-state index is 0. The molecule has 0 aromatic rings. The fraction of sp³-hybridized carbons (Fsp3) is 1.00. The van der Waals surface area contributed by atoms with Crippen LogP contribution in [0.3, 0.4) is 0 Å². The molecule has 0 aliphatic heterocycles. The van der Waals surface area contributed by atoms with Crippen molar-refractivity contribution in [3.8, 4) is 0 Å². The van der Waals surface area contributed by atoms with E-state index in [1.807, 2.05) is 0 Å². The predicted molar refractivity (Wildman–Crippen MR) is 84.4 cm³/mol. The molecule has 0 atom stereocenters. The van der Waals surface area contributed by atoms with Gasteiger partial charge in [-0.15, -0.1) is 0 Å². The Morgan fingerprint density at radius 3 is 0.536 bits per heavy atom. The molecule has 0 aromatic heterocycles. The van der Waals surface area contributed by atoms with Crippen molar-refractivity contribution < 1.29 is 72.1 Å². The first kappa shape index (κ1) is 44.6. The van der Waals surface area contributed by atoms with Gasteiger partial charge < -0.3 is 81.5 Å². The van der Waals surface area contributed by atoms with Crippen LogP contribution in [0.5, 0.6) is 0 Å². The number of hydrogen-bond acceptors (Lipinski definition) is 15. The summed E-state index contributed by atoms with van der Waals surface area (Å²) in [6.07, 6.45) is 0. The van der Waals surface area contributed by atoms with E-state index in [9.17, 15) is 0 Å². The molecular weight excluding hydrogens is 536 g/mol. The summed E-state index contributed by atoms with van der Waals surface area (Å²) in [5.74, 6) is 0. The van der Waals surface area contributed by atoms with Gasteiger partial charge in [0.25, 0.3) is 0 Å². The second kappa shape index (κ2) is 39.4. The molecule has 0 saturated carbocycles. The van der Waals surface area contributed by atoms with Crippen LogP contribution in [-0.4, -0.2) is 45.1 Å². The zero-order valence-electron chi connectivity index (χ0n) is 14.5. The Morgan fingerprint density at radius 2 is 0.536 bits per heavy atom. The third-order valence-electron chi connectivity index (χ3n) is 1.50. The molecule has 22 heteroatoms. The third kappa shape index (κ3) is 1050.